The van der Waals surface area contributed by atoms with E-state index in [1.54, 1.807) is 13.3 Å². The van der Waals surface area contributed by atoms with Gasteiger partial charge < -0.3 is 19.7 Å². The normalized spacial score (nSPS) is 23.2. The van der Waals surface area contributed by atoms with Crippen LogP contribution in [0, 0.1) is 24.2 Å². The van der Waals surface area contributed by atoms with Crippen molar-refractivity contribution in [2.75, 3.05) is 25.1 Å². The van der Waals surface area contributed by atoms with Crippen LogP contribution in [0.1, 0.15) is 29.7 Å². The SMILES string of the molecule is COc1ccc(C)cc1OC1CC(C(=O)NC2CCN(c3ncc(C#N)s3)C2)C1. The zero-order valence-electron chi connectivity index (χ0n) is 16.6. The van der Waals surface area contributed by atoms with Crippen molar-refractivity contribution in [1.29, 1.82) is 5.26 Å². The van der Waals surface area contributed by atoms with Gasteiger partial charge in [-0.3, -0.25) is 4.79 Å². The summed E-state index contributed by atoms with van der Waals surface area (Å²) in [6.07, 6.45) is 3.97. The Kier molecular flexibility index (Phi) is 5.58. The number of aryl methyl sites for hydroxylation is 1. The maximum Gasteiger partial charge on any atom is 0.223 e. The summed E-state index contributed by atoms with van der Waals surface area (Å²) in [6.45, 7) is 3.59. The third-order valence-corrected chi connectivity index (χ3v) is 6.45. The summed E-state index contributed by atoms with van der Waals surface area (Å²) in [5.74, 6) is 1.55. The lowest BCUT2D eigenvalue weighted by atomic mass is 9.81. The Bertz CT molecular complexity index is 932. The Morgan fingerprint density at radius 3 is 2.93 bits per heavy atom. The molecule has 4 rings (SSSR count). The molecule has 8 heteroatoms. The molecule has 1 aromatic carbocycles. The standard InChI is InChI=1S/C21H24N4O3S/c1-13-3-4-18(27-2)19(7-13)28-16-8-14(9-16)20(26)24-15-5-6-25(12-15)21-23-11-17(10-22)29-21/h3-4,7,11,14-16H,5-6,8-9,12H2,1-2H3,(H,24,26). The van der Waals surface area contributed by atoms with E-state index >= 15 is 0 Å². The van der Waals surface area contributed by atoms with Crippen molar-refractivity contribution >= 4 is 22.4 Å². The van der Waals surface area contributed by atoms with Gasteiger partial charge >= 0.3 is 0 Å². The van der Waals surface area contributed by atoms with Crippen molar-refractivity contribution in [1.82, 2.24) is 10.3 Å². The first-order valence-corrected chi connectivity index (χ1v) is 10.6. The number of anilines is 1. The number of aromatic nitrogens is 1. The topological polar surface area (TPSA) is 87.5 Å². The zero-order valence-corrected chi connectivity index (χ0v) is 17.4. The second-order valence-electron chi connectivity index (χ2n) is 7.62. The van der Waals surface area contributed by atoms with Crippen LogP contribution in [0.25, 0.3) is 0 Å². The third-order valence-electron chi connectivity index (χ3n) is 5.49. The first-order valence-electron chi connectivity index (χ1n) is 9.78. The van der Waals surface area contributed by atoms with Crippen molar-refractivity contribution in [3.63, 3.8) is 0 Å². The van der Waals surface area contributed by atoms with E-state index in [1.165, 1.54) is 11.3 Å². The molecule has 1 aliphatic carbocycles. The van der Waals surface area contributed by atoms with E-state index in [2.05, 4.69) is 21.3 Å². The molecule has 1 aromatic heterocycles. The summed E-state index contributed by atoms with van der Waals surface area (Å²) in [4.78, 5) is 19.6. The molecule has 1 atom stereocenters. The van der Waals surface area contributed by atoms with E-state index < -0.39 is 0 Å². The highest BCUT2D eigenvalue weighted by Gasteiger charge is 2.38. The van der Waals surface area contributed by atoms with E-state index in [4.69, 9.17) is 14.7 Å². The van der Waals surface area contributed by atoms with Gasteiger partial charge in [-0.15, -0.1) is 0 Å². The highest BCUT2D eigenvalue weighted by Crippen LogP contribution is 2.36. The molecule has 2 fully saturated rings. The second-order valence-corrected chi connectivity index (χ2v) is 8.63. The molecule has 7 nitrogen and oxygen atoms in total. The van der Waals surface area contributed by atoms with Crippen molar-refractivity contribution in [3.05, 3.63) is 34.8 Å². The van der Waals surface area contributed by atoms with Gasteiger partial charge in [-0.1, -0.05) is 17.4 Å². The van der Waals surface area contributed by atoms with Crippen molar-refractivity contribution in [2.24, 2.45) is 5.92 Å². The molecule has 2 heterocycles. The van der Waals surface area contributed by atoms with Crippen LogP contribution in [-0.2, 0) is 4.79 Å². The average molecular weight is 413 g/mol. The van der Waals surface area contributed by atoms with Gasteiger partial charge in [-0.25, -0.2) is 4.98 Å². The Hall–Kier alpha value is -2.79. The fourth-order valence-corrected chi connectivity index (χ4v) is 4.51. The molecule has 2 aliphatic rings. The second kappa shape index (κ2) is 8.29. The van der Waals surface area contributed by atoms with Crippen LogP contribution in [0.2, 0.25) is 0 Å². The number of nitrogens with one attached hydrogen (secondary N) is 1. The first kappa shape index (κ1) is 19.5. The van der Waals surface area contributed by atoms with Gasteiger partial charge in [0.2, 0.25) is 5.91 Å². The molecule has 1 amide bonds. The van der Waals surface area contributed by atoms with Crippen LogP contribution >= 0.6 is 11.3 Å². The number of carbonyl (C=O) groups is 1. The van der Waals surface area contributed by atoms with Crippen LogP contribution in [0.5, 0.6) is 11.5 Å². The lowest BCUT2D eigenvalue weighted by Gasteiger charge is -2.35. The molecule has 0 radical (unpaired) electrons. The Balaban J connectivity index is 1.24. The Labute approximate surface area is 174 Å². The number of thiazole rings is 1. The molecular weight excluding hydrogens is 388 g/mol. The lowest BCUT2D eigenvalue weighted by molar-refractivity contribution is -0.131. The fourth-order valence-electron chi connectivity index (χ4n) is 3.77. The van der Waals surface area contributed by atoms with Crippen LogP contribution in [0.4, 0.5) is 5.13 Å². The van der Waals surface area contributed by atoms with Crippen LogP contribution in [0.15, 0.2) is 24.4 Å². The number of benzene rings is 1. The van der Waals surface area contributed by atoms with Crippen LogP contribution in [-0.4, -0.2) is 43.2 Å². The van der Waals surface area contributed by atoms with E-state index in [0.29, 0.717) is 4.88 Å². The Morgan fingerprint density at radius 1 is 1.38 bits per heavy atom. The number of hydrogen-bond acceptors (Lipinski definition) is 7. The molecule has 1 saturated carbocycles. The van der Waals surface area contributed by atoms with Gasteiger partial charge in [0.1, 0.15) is 17.1 Å². The smallest absolute Gasteiger partial charge is 0.223 e. The van der Waals surface area contributed by atoms with Gasteiger partial charge in [0.15, 0.2) is 16.6 Å². The minimum absolute atomic E-state index is 0.00471. The summed E-state index contributed by atoms with van der Waals surface area (Å²) in [5, 5.41) is 13.0. The summed E-state index contributed by atoms with van der Waals surface area (Å²) in [5.41, 5.74) is 1.11. The number of methoxy groups -OCH3 is 1. The average Bonchev–Trinajstić information content (AvgIpc) is 3.33. The van der Waals surface area contributed by atoms with Gasteiger partial charge in [-0.2, -0.15) is 5.26 Å². The van der Waals surface area contributed by atoms with Crippen molar-refractivity contribution < 1.29 is 14.3 Å². The summed E-state index contributed by atoms with van der Waals surface area (Å²) in [6, 6.07) is 8.09. The predicted octanol–water partition coefficient (Wildman–Crippen LogP) is 2.88. The van der Waals surface area contributed by atoms with Gasteiger partial charge in [-0.05, 0) is 43.9 Å². The lowest BCUT2D eigenvalue weighted by Crippen LogP contribution is -2.47. The van der Waals surface area contributed by atoms with Crippen LogP contribution in [0.3, 0.4) is 0 Å². The van der Waals surface area contributed by atoms with E-state index in [0.717, 1.165) is 54.5 Å². The highest BCUT2D eigenvalue weighted by atomic mass is 32.1. The molecule has 152 valence electrons. The number of amides is 1. The minimum Gasteiger partial charge on any atom is -0.493 e. The zero-order chi connectivity index (χ0) is 20.4. The third kappa shape index (κ3) is 4.30. The largest absolute Gasteiger partial charge is 0.493 e. The first-order chi connectivity index (χ1) is 14.1. The molecule has 1 aliphatic heterocycles. The summed E-state index contributed by atoms with van der Waals surface area (Å²) >= 11 is 1.39. The van der Waals surface area contributed by atoms with Crippen molar-refractivity contribution in [2.45, 2.75) is 38.3 Å². The molecule has 2 aromatic rings. The maximum absolute atomic E-state index is 12.6. The molecule has 29 heavy (non-hydrogen) atoms. The maximum atomic E-state index is 12.6. The van der Waals surface area contributed by atoms with Gasteiger partial charge in [0, 0.05) is 25.0 Å². The quantitative estimate of drug-likeness (QED) is 0.785. The monoisotopic (exact) mass is 412 g/mol. The molecule has 0 bridgehead atoms. The van der Waals surface area contributed by atoms with E-state index in [9.17, 15) is 4.79 Å². The number of hydrogen-bond donors (Lipinski definition) is 1. The molecule has 1 saturated heterocycles. The highest BCUT2D eigenvalue weighted by molar-refractivity contribution is 7.16. The number of nitrogens with zero attached hydrogens (tertiary/aromatic N) is 3. The minimum atomic E-state index is -0.00471. The summed E-state index contributed by atoms with van der Waals surface area (Å²) < 4.78 is 11.4. The van der Waals surface area contributed by atoms with E-state index in [1.807, 2.05) is 25.1 Å². The number of rotatable bonds is 6. The number of carbonyl (C=O) groups excluding carboxylic acids is 1. The molecule has 1 unspecified atom stereocenters. The summed E-state index contributed by atoms with van der Waals surface area (Å²) in [7, 11) is 1.63. The van der Waals surface area contributed by atoms with E-state index in [-0.39, 0.29) is 24.0 Å². The predicted molar refractivity (Wildman–Crippen MR) is 110 cm³/mol. The number of nitriles is 1. The van der Waals surface area contributed by atoms with Gasteiger partial charge in [0.25, 0.3) is 0 Å². The van der Waals surface area contributed by atoms with Gasteiger partial charge in [0.05, 0.1) is 13.3 Å². The Morgan fingerprint density at radius 2 is 2.21 bits per heavy atom. The van der Waals surface area contributed by atoms with Crippen molar-refractivity contribution in [3.8, 4) is 17.6 Å². The molecule has 1 N–H and O–H groups in total. The number of ether oxygens (including phenoxy) is 2. The van der Waals surface area contributed by atoms with Crippen LogP contribution < -0.4 is 19.7 Å². The fraction of sp³-hybridized carbons (Fsp3) is 0.476. The molecule has 0 spiro atoms. The molecular formula is C21H24N4O3S.